The van der Waals surface area contributed by atoms with Gasteiger partial charge in [-0.25, -0.2) is 0 Å². The van der Waals surface area contributed by atoms with Crippen LogP contribution >= 0.6 is 23.5 Å². The number of nitrogens with zero attached hydrogens (tertiary/aromatic N) is 3. The summed E-state index contributed by atoms with van der Waals surface area (Å²) in [5, 5.41) is 0.714. The van der Waals surface area contributed by atoms with Crippen LogP contribution in [0.1, 0.15) is 24.0 Å². The lowest BCUT2D eigenvalue weighted by Gasteiger charge is -2.21. The van der Waals surface area contributed by atoms with Crippen molar-refractivity contribution in [2.75, 3.05) is 19.6 Å². The number of halogens is 3. The van der Waals surface area contributed by atoms with Gasteiger partial charge in [-0.15, -0.1) is 4.37 Å². The van der Waals surface area contributed by atoms with Gasteiger partial charge in [-0.3, -0.25) is 4.90 Å². The highest BCUT2D eigenvalue weighted by molar-refractivity contribution is 7.98. The minimum Gasteiger partial charge on any atom is -0.470 e. The van der Waals surface area contributed by atoms with Crippen LogP contribution in [0, 0.1) is 5.92 Å². The fourth-order valence-electron chi connectivity index (χ4n) is 3.52. The lowest BCUT2D eigenvalue weighted by atomic mass is 9.99. The first-order valence-corrected chi connectivity index (χ1v) is 10.2. The zero-order valence-electron chi connectivity index (χ0n) is 13.9. The first-order chi connectivity index (χ1) is 12.5. The second-order valence-electron chi connectivity index (χ2n) is 6.68. The highest BCUT2D eigenvalue weighted by atomic mass is 32.2. The number of alkyl halides is 3. The van der Waals surface area contributed by atoms with Gasteiger partial charge in [0.25, 0.3) is 5.88 Å². The van der Waals surface area contributed by atoms with Crippen LogP contribution in [0.3, 0.4) is 0 Å². The van der Waals surface area contributed by atoms with Crippen LogP contribution in [0.15, 0.2) is 29.3 Å². The fourth-order valence-corrected chi connectivity index (χ4v) is 4.99. The van der Waals surface area contributed by atoms with Crippen LogP contribution in [0.5, 0.6) is 5.88 Å². The van der Waals surface area contributed by atoms with E-state index in [4.69, 9.17) is 4.74 Å². The molecule has 4 rings (SSSR count). The fraction of sp³-hybridized carbons (Fsp3) is 0.529. The Hall–Kier alpha value is -1.32. The molecular weight excluding hydrogens is 383 g/mol. The van der Waals surface area contributed by atoms with Crippen molar-refractivity contribution in [3.05, 3.63) is 35.4 Å². The highest BCUT2D eigenvalue weighted by Crippen LogP contribution is 2.35. The van der Waals surface area contributed by atoms with E-state index in [0.29, 0.717) is 22.6 Å². The normalized spacial score (nSPS) is 25.4. The minimum atomic E-state index is -4.30. The van der Waals surface area contributed by atoms with E-state index in [1.54, 1.807) is 0 Å². The molecule has 1 aromatic carbocycles. The molecule has 2 saturated heterocycles. The number of rotatable bonds is 5. The van der Waals surface area contributed by atoms with E-state index in [9.17, 15) is 13.2 Å². The molecule has 3 heterocycles. The first-order valence-electron chi connectivity index (χ1n) is 8.49. The molecule has 2 aromatic rings. The van der Waals surface area contributed by atoms with Gasteiger partial charge in [0.1, 0.15) is 6.10 Å². The van der Waals surface area contributed by atoms with E-state index >= 15 is 0 Å². The van der Waals surface area contributed by atoms with Crippen LogP contribution in [-0.4, -0.2) is 39.4 Å². The number of hydrogen-bond acceptors (Lipinski definition) is 6. The lowest BCUT2D eigenvalue weighted by Crippen LogP contribution is -2.26. The summed E-state index contributed by atoms with van der Waals surface area (Å²) < 4.78 is 52.6. The third kappa shape index (κ3) is 3.99. The third-order valence-electron chi connectivity index (χ3n) is 4.86. The molecule has 2 fully saturated rings. The zero-order chi connectivity index (χ0) is 18.1. The Labute approximate surface area is 158 Å². The summed E-state index contributed by atoms with van der Waals surface area (Å²) in [4.78, 5) is 2.42. The molecule has 0 saturated carbocycles. The summed E-state index contributed by atoms with van der Waals surface area (Å²) in [6.45, 7) is 3.17. The van der Waals surface area contributed by atoms with Gasteiger partial charge in [0.05, 0.1) is 17.3 Å². The molecule has 0 aliphatic carbocycles. The molecule has 0 radical (unpaired) electrons. The topological polar surface area (TPSA) is 38.3 Å². The average molecular weight is 401 g/mol. The Kier molecular flexibility index (Phi) is 5.11. The van der Waals surface area contributed by atoms with E-state index < -0.39 is 11.7 Å². The number of ether oxygens (including phenoxy) is 1. The molecule has 3 unspecified atom stereocenters. The largest absolute Gasteiger partial charge is 0.470 e. The number of piperidine rings is 1. The first kappa shape index (κ1) is 18.1. The Morgan fingerprint density at radius 2 is 2.00 bits per heavy atom. The number of hydrogen-bond donors (Lipinski definition) is 0. The molecule has 4 nitrogen and oxygen atoms in total. The van der Waals surface area contributed by atoms with Crippen LogP contribution in [-0.2, 0) is 11.9 Å². The van der Waals surface area contributed by atoms with Crippen LogP contribution < -0.4 is 4.74 Å². The van der Waals surface area contributed by atoms with E-state index in [1.807, 2.05) is 0 Å². The summed E-state index contributed by atoms with van der Waals surface area (Å²) >= 11 is 2.55. The summed E-state index contributed by atoms with van der Waals surface area (Å²) in [5.41, 5.74) is 0.178. The van der Waals surface area contributed by atoms with Crippen molar-refractivity contribution in [1.29, 1.82) is 0 Å². The van der Waals surface area contributed by atoms with Gasteiger partial charge >= 0.3 is 6.18 Å². The van der Waals surface area contributed by atoms with Gasteiger partial charge in [-0.2, -0.15) is 17.5 Å². The summed E-state index contributed by atoms with van der Waals surface area (Å²) in [6.07, 6.45) is -1.74. The van der Waals surface area contributed by atoms with Crippen LogP contribution in [0.4, 0.5) is 13.2 Å². The molecule has 0 spiro atoms. The van der Waals surface area contributed by atoms with E-state index in [2.05, 4.69) is 13.6 Å². The molecule has 9 heteroatoms. The molecule has 140 valence electrons. The Morgan fingerprint density at radius 3 is 2.73 bits per heavy atom. The Morgan fingerprint density at radius 1 is 1.19 bits per heavy atom. The van der Waals surface area contributed by atoms with Crippen molar-refractivity contribution in [2.45, 2.75) is 35.9 Å². The number of benzene rings is 1. The molecular formula is C17H18F3N3OS2. The second kappa shape index (κ2) is 7.36. The zero-order valence-corrected chi connectivity index (χ0v) is 15.5. The maximum Gasteiger partial charge on any atom is 0.416 e. The number of aromatic nitrogens is 2. The van der Waals surface area contributed by atoms with Crippen molar-refractivity contribution >= 4 is 23.5 Å². The van der Waals surface area contributed by atoms with Crippen molar-refractivity contribution in [1.82, 2.24) is 13.6 Å². The smallest absolute Gasteiger partial charge is 0.416 e. The maximum absolute atomic E-state index is 12.6. The van der Waals surface area contributed by atoms with Gasteiger partial charge in [0, 0.05) is 24.8 Å². The van der Waals surface area contributed by atoms with Crippen molar-refractivity contribution in [3.63, 3.8) is 0 Å². The van der Waals surface area contributed by atoms with Crippen molar-refractivity contribution < 1.29 is 17.9 Å². The second-order valence-corrected chi connectivity index (χ2v) is 8.17. The molecule has 0 N–H and O–H groups in total. The predicted molar refractivity (Wildman–Crippen MR) is 94.5 cm³/mol. The third-order valence-corrected chi connectivity index (χ3v) is 6.50. The van der Waals surface area contributed by atoms with Crippen LogP contribution in [0.2, 0.25) is 0 Å². The molecule has 1 aromatic heterocycles. The number of fused-ring (bicyclic) bond motifs is 2. The standard InChI is InChI=1S/C17H18F3N3OS2/c18-17(19,20)13-5-3-11(4-6-13)10-25-16-15(21-26-22-16)24-14-9-23-7-1-2-12(14)8-23/h3-6,12,14H,1-2,7-10H2. The molecule has 26 heavy (non-hydrogen) atoms. The lowest BCUT2D eigenvalue weighted by molar-refractivity contribution is -0.137. The summed E-state index contributed by atoms with van der Waals surface area (Å²) in [5.74, 6) is 1.64. The Balaban J connectivity index is 1.37. The van der Waals surface area contributed by atoms with Crippen molar-refractivity contribution in [2.24, 2.45) is 5.92 Å². The minimum absolute atomic E-state index is 0.159. The molecule has 0 amide bonds. The predicted octanol–water partition coefficient (Wildman–Crippen LogP) is 4.32. The molecule has 2 aliphatic heterocycles. The maximum atomic E-state index is 12.6. The average Bonchev–Trinajstić information content (AvgIpc) is 3.17. The van der Waals surface area contributed by atoms with E-state index in [0.717, 1.165) is 49.1 Å². The van der Waals surface area contributed by atoms with Gasteiger partial charge in [0.15, 0.2) is 5.03 Å². The van der Waals surface area contributed by atoms with Gasteiger partial charge < -0.3 is 4.74 Å². The van der Waals surface area contributed by atoms with E-state index in [-0.39, 0.29) is 6.10 Å². The Bertz CT molecular complexity index is 750. The van der Waals surface area contributed by atoms with Gasteiger partial charge in [-0.1, -0.05) is 23.9 Å². The monoisotopic (exact) mass is 401 g/mol. The molecule has 3 atom stereocenters. The molecule has 2 bridgehead atoms. The summed E-state index contributed by atoms with van der Waals surface area (Å²) in [7, 11) is 0. The quantitative estimate of drug-likeness (QED) is 0.698. The SMILES string of the molecule is FC(F)(F)c1ccc(CSc2nsnc2OC2CN3CCCC2C3)cc1. The van der Waals surface area contributed by atoms with Gasteiger partial charge in [-0.05, 0) is 37.1 Å². The van der Waals surface area contributed by atoms with Gasteiger partial charge in [0.2, 0.25) is 0 Å². The van der Waals surface area contributed by atoms with E-state index in [1.165, 1.54) is 36.7 Å². The molecule has 2 aliphatic rings. The highest BCUT2D eigenvalue weighted by Gasteiger charge is 2.37. The van der Waals surface area contributed by atoms with Crippen molar-refractivity contribution in [3.8, 4) is 5.88 Å². The van der Waals surface area contributed by atoms with Crippen LogP contribution in [0.25, 0.3) is 0 Å². The summed E-state index contributed by atoms with van der Waals surface area (Å²) in [6, 6.07) is 5.23. The number of thioether (sulfide) groups is 1.